The molecule has 0 saturated carbocycles. The number of ether oxygens (including phenoxy) is 4. The first kappa shape index (κ1) is 15.8. The maximum atomic E-state index is 12.0. The number of benzene rings is 1. The van der Waals surface area contributed by atoms with Crippen LogP contribution in [0.2, 0.25) is 0 Å². The second kappa shape index (κ2) is 5.67. The van der Waals surface area contributed by atoms with Crippen LogP contribution in [-0.4, -0.2) is 37.7 Å². The van der Waals surface area contributed by atoms with Crippen molar-refractivity contribution in [1.82, 2.24) is 0 Å². The maximum absolute atomic E-state index is 12.0. The molecule has 0 N–H and O–H groups in total. The minimum Gasteiger partial charge on any atom is -0.463 e. The zero-order chi connectivity index (χ0) is 16.5. The fraction of sp³-hybridized carbons (Fsp3) is 0.400. The maximum Gasteiger partial charge on any atom is 0.453 e. The van der Waals surface area contributed by atoms with Crippen molar-refractivity contribution in [2.45, 2.75) is 26.1 Å². The molecule has 1 heterocycles. The highest BCUT2D eigenvalue weighted by Crippen LogP contribution is 2.44. The highest BCUT2D eigenvalue weighted by atomic mass is 16.8. The lowest BCUT2D eigenvalue weighted by molar-refractivity contribution is -0.199. The van der Waals surface area contributed by atoms with Crippen molar-refractivity contribution in [3.05, 3.63) is 23.3 Å². The third kappa shape index (κ3) is 2.18. The highest BCUT2D eigenvalue weighted by molar-refractivity contribution is 6.04. The van der Waals surface area contributed by atoms with E-state index in [4.69, 9.17) is 9.47 Å². The number of carbonyl (C=O) groups excluding carboxylic acids is 3. The van der Waals surface area contributed by atoms with E-state index in [0.29, 0.717) is 17.5 Å². The molecule has 0 amide bonds. The van der Waals surface area contributed by atoms with E-state index in [1.54, 1.807) is 6.07 Å². The summed E-state index contributed by atoms with van der Waals surface area (Å²) in [6.07, 6.45) is 0.458. The van der Waals surface area contributed by atoms with Crippen molar-refractivity contribution in [3.63, 3.8) is 0 Å². The Balaban J connectivity index is 2.58. The Morgan fingerprint density at radius 3 is 2.14 bits per heavy atom. The van der Waals surface area contributed by atoms with Gasteiger partial charge in [0.05, 0.1) is 14.2 Å². The van der Waals surface area contributed by atoms with Crippen molar-refractivity contribution in [1.29, 1.82) is 0 Å². The molecular formula is C15H16O7. The second-order valence-corrected chi connectivity index (χ2v) is 4.63. The Morgan fingerprint density at radius 1 is 1.09 bits per heavy atom. The van der Waals surface area contributed by atoms with Gasteiger partial charge in [0.15, 0.2) is 17.3 Å². The van der Waals surface area contributed by atoms with Crippen molar-refractivity contribution in [3.8, 4) is 11.5 Å². The third-order valence-corrected chi connectivity index (χ3v) is 3.36. The molecule has 0 aliphatic carbocycles. The van der Waals surface area contributed by atoms with Gasteiger partial charge in [-0.05, 0) is 25.5 Å². The number of rotatable bonds is 4. The number of ketones is 1. The van der Waals surface area contributed by atoms with E-state index < -0.39 is 17.7 Å². The van der Waals surface area contributed by atoms with Crippen LogP contribution >= 0.6 is 0 Å². The van der Waals surface area contributed by atoms with E-state index in [2.05, 4.69) is 9.47 Å². The average Bonchev–Trinajstić information content (AvgIpc) is 2.92. The SMILES string of the molecule is CCc1c(C(C)=O)ccc2c1OC(C(=O)OC)(C(=O)OC)O2. The molecule has 0 saturated heterocycles. The van der Waals surface area contributed by atoms with Crippen LogP contribution in [0.25, 0.3) is 0 Å². The van der Waals surface area contributed by atoms with Crippen LogP contribution < -0.4 is 9.47 Å². The molecule has 22 heavy (non-hydrogen) atoms. The summed E-state index contributed by atoms with van der Waals surface area (Å²) in [7, 11) is 2.20. The van der Waals surface area contributed by atoms with Crippen LogP contribution in [0.4, 0.5) is 0 Å². The fourth-order valence-electron chi connectivity index (χ4n) is 2.32. The zero-order valence-electron chi connectivity index (χ0n) is 12.7. The van der Waals surface area contributed by atoms with E-state index in [9.17, 15) is 14.4 Å². The topological polar surface area (TPSA) is 88.1 Å². The number of methoxy groups -OCH3 is 2. The lowest BCUT2D eigenvalue weighted by Crippen LogP contribution is -2.55. The van der Waals surface area contributed by atoms with E-state index >= 15 is 0 Å². The largest absolute Gasteiger partial charge is 0.463 e. The van der Waals surface area contributed by atoms with Gasteiger partial charge >= 0.3 is 17.7 Å². The number of esters is 2. The first-order chi connectivity index (χ1) is 10.4. The number of fused-ring (bicyclic) bond motifs is 1. The minimum atomic E-state index is -2.34. The van der Waals surface area contributed by atoms with Gasteiger partial charge in [-0.2, -0.15) is 0 Å². The van der Waals surface area contributed by atoms with Gasteiger partial charge in [-0.3, -0.25) is 4.79 Å². The minimum absolute atomic E-state index is 0.156. The monoisotopic (exact) mass is 308 g/mol. The summed E-state index contributed by atoms with van der Waals surface area (Å²) in [6, 6.07) is 3.03. The van der Waals surface area contributed by atoms with Gasteiger partial charge in [0.1, 0.15) is 0 Å². The molecule has 1 aliphatic heterocycles. The molecule has 7 heteroatoms. The lowest BCUT2D eigenvalue weighted by atomic mass is 10.0. The zero-order valence-corrected chi connectivity index (χ0v) is 12.7. The normalized spacial score (nSPS) is 14.4. The molecule has 1 aromatic rings. The molecule has 0 fully saturated rings. The summed E-state index contributed by atoms with van der Waals surface area (Å²) >= 11 is 0. The van der Waals surface area contributed by atoms with Gasteiger partial charge in [-0.15, -0.1) is 0 Å². The second-order valence-electron chi connectivity index (χ2n) is 4.63. The van der Waals surface area contributed by atoms with Gasteiger partial charge in [0.25, 0.3) is 0 Å². The molecule has 1 aromatic carbocycles. The van der Waals surface area contributed by atoms with Crippen LogP contribution in [-0.2, 0) is 25.5 Å². The predicted octanol–water partition coefficient (Wildman–Crippen LogP) is 1.27. The summed E-state index contributed by atoms with van der Waals surface area (Å²) in [6.45, 7) is 3.24. The lowest BCUT2D eigenvalue weighted by Gasteiger charge is -2.21. The molecule has 118 valence electrons. The van der Waals surface area contributed by atoms with Crippen LogP contribution in [0.1, 0.15) is 29.8 Å². The van der Waals surface area contributed by atoms with Crippen LogP contribution in [0.3, 0.4) is 0 Å². The van der Waals surface area contributed by atoms with Crippen LogP contribution in [0.15, 0.2) is 12.1 Å². The molecule has 0 spiro atoms. The Bertz CT molecular complexity index is 632. The number of carbonyl (C=O) groups is 3. The van der Waals surface area contributed by atoms with Gasteiger partial charge in [0.2, 0.25) is 0 Å². The molecule has 0 bridgehead atoms. The molecule has 0 atom stereocenters. The fourth-order valence-corrected chi connectivity index (χ4v) is 2.32. The molecule has 0 radical (unpaired) electrons. The summed E-state index contributed by atoms with van der Waals surface area (Å²) in [5, 5.41) is 0. The summed E-state index contributed by atoms with van der Waals surface area (Å²) in [5.41, 5.74) is 0.995. The first-order valence-corrected chi connectivity index (χ1v) is 6.62. The summed E-state index contributed by atoms with van der Waals surface area (Å²) in [4.78, 5) is 35.7. The smallest absolute Gasteiger partial charge is 0.453 e. The molecule has 0 aromatic heterocycles. The van der Waals surface area contributed by atoms with Crippen molar-refractivity contribution < 1.29 is 33.3 Å². The predicted molar refractivity (Wildman–Crippen MR) is 73.8 cm³/mol. The van der Waals surface area contributed by atoms with E-state index in [1.807, 2.05) is 6.92 Å². The van der Waals surface area contributed by atoms with Gasteiger partial charge < -0.3 is 18.9 Å². The van der Waals surface area contributed by atoms with E-state index in [0.717, 1.165) is 14.2 Å². The number of hydrogen-bond acceptors (Lipinski definition) is 7. The van der Waals surface area contributed by atoms with Crippen molar-refractivity contribution in [2.24, 2.45) is 0 Å². The highest BCUT2D eigenvalue weighted by Gasteiger charge is 2.59. The summed E-state index contributed by atoms with van der Waals surface area (Å²) in [5.74, 6) is -4.23. The first-order valence-electron chi connectivity index (χ1n) is 6.62. The number of hydrogen-bond donors (Lipinski definition) is 0. The third-order valence-electron chi connectivity index (χ3n) is 3.36. The Morgan fingerprint density at radius 2 is 1.68 bits per heavy atom. The molecule has 2 rings (SSSR count). The standard InChI is InChI=1S/C15H16O7/c1-5-9-10(8(2)16)6-7-11-12(9)22-15(21-11,13(17)19-3)14(18)20-4/h6-7H,5H2,1-4H3. The molecule has 7 nitrogen and oxygen atoms in total. The molecule has 0 unspecified atom stereocenters. The molecule has 1 aliphatic rings. The van der Waals surface area contributed by atoms with Gasteiger partial charge in [-0.25, -0.2) is 9.59 Å². The number of Topliss-reactive ketones (excluding diaryl/α,β-unsaturated/α-hetero) is 1. The Labute approximate surface area is 127 Å². The van der Waals surface area contributed by atoms with Gasteiger partial charge in [0, 0.05) is 11.1 Å². The summed E-state index contributed by atoms with van der Waals surface area (Å²) < 4.78 is 20.1. The van der Waals surface area contributed by atoms with E-state index in [-0.39, 0.29) is 17.3 Å². The molecular weight excluding hydrogens is 292 g/mol. The Hall–Kier alpha value is -2.57. The van der Waals surface area contributed by atoms with Crippen molar-refractivity contribution >= 4 is 17.7 Å². The quantitative estimate of drug-likeness (QED) is 0.470. The Kier molecular flexibility index (Phi) is 4.07. The van der Waals surface area contributed by atoms with Crippen LogP contribution in [0.5, 0.6) is 11.5 Å². The van der Waals surface area contributed by atoms with Crippen LogP contribution in [0, 0.1) is 0 Å². The average molecular weight is 308 g/mol. The van der Waals surface area contributed by atoms with E-state index in [1.165, 1.54) is 13.0 Å². The van der Waals surface area contributed by atoms with Gasteiger partial charge in [-0.1, -0.05) is 6.92 Å². The van der Waals surface area contributed by atoms with Crippen molar-refractivity contribution in [2.75, 3.05) is 14.2 Å².